The predicted molar refractivity (Wildman–Crippen MR) is 100 cm³/mol. The van der Waals surface area contributed by atoms with E-state index in [0.717, 1.165) is 44.0 Å². The Labute approximate surface area is 154 Å². The Morgan fingerprint density at radius 1 is 1.23 bits per heavy atom. The van der Waals surface area contributed by atoms with E-state index < -0.39 is 0 Å². The maximum absolute atomic E-state index is 12.4. The van der Waals surface area contributed by atoms with E-state index in [4.69, 9.17) is 0 Å². The van der Waals surface area contributed by atoms with Crippen LogP contribution in [0.15, 0.2) is 30.7 Å². The van der Waals surface area contributed by atoms with Gasteiger partial charge in [0.15, 0.2) is 0 Å². The van der Waals surface area contributed by atoms with Gasteiger partial charge in [0, 0.05) is 43.4 Å². The van der Waals surface area contributed by atoms with Gasteiger partial charge in [0.2, 0.25) is 0 Å². The van der Waals surface area contributed by atoms with Crippen molar-refractivity contribution in [2.45, 2.75) is 57.5 Å². The summed E-state index contributed by atoms with van der Waals surface area (Å²) in [4.78, 5) is 23.2. The number of urea groups is 1. The Kier molecular flexibility index (Phi) is 4.91. The molecule has 6 nitrogen and oxygen atoms in total. The second-order valence-electron chi connectivity index (χ2n) is 7.59. The molecular weight excluding hydrogens is 326 g/mol. The summed E-state index contributed by atoms with van der Waals surface area (Å²) in [5.41, 5.74) is 2.31. The molecule has 3 heterocycles. The molecule has 0 unspecified atom stereocenters. The van der Waals surface area contributed by atoms with Gasteiger partial charge in [-0.25, -0.2) is 9.78 Å². The minimum absolute atomic E-state index is 0.0928. The Bertz CT molecular complexity index is 745. The lowest BCUT2D eigenvalue weighted by molar-refractivity contribution is 0.141. The molecule has 0 atom stereocenters. The molecule has 1 aliphatic heterocycles. The standard InChI is InChI=1S/C20H27N5O/c1-15-10-22-19(25(15)12-16-6-5-9-21-11-16)17-13-24(14-17)20(26)23-18-7-3-2-4-8-18/h5-6,9-11,17-18H,2-4,7-8,12-14H2,1H3,(H,23,26). The van der Waals surface area contributed by atoms with Crippen LogP contribution in [0.1, 0.15) is 55.1 Å². The predicted octanol–water partition coefficient (Wildman–Crippen LogP) is 3.08. The lowest BCUT2D eigenvalue weighted by atomic mass is 9.95. The molecule has 2 amide bonds. The van der Waals surface area contributed by atoms with Gasteiger partial charge in [-0.15, -0.1) is 0 Å². The highest BCUT2D eigenvalue weighted by Crippen LogP contribution is 2.28. The summed E-state index contributed by atoms with van der Waals surface area (Å²) < 4.78 is 2.25. The molecule has 1 saturated carbocycles. The Hall–Kier alpha value is -2.37. The molecule has 138 valence electrons. The molecule has 1 saturated heterocycles. The van der Waals surface area contributed by atoms with Gasteiger partial charge in [-0.3, -0.25) is 4.98 Å². The van der Waals surface area contributed by atoms with Crippen LogP contribution >= 0.6 is 0 Å². The number of aryl methyl sites for hydroxylation is 1. The second kappa shape index (κ2) is 7.48. The summed E-state index contributed by atoms with van der Waals surface area (Å²) in [6.45, 7) is 4.36. The monoisotopic (exact) mass is 353 g/mol. The van der Waals surface area contributed by atoms with Gasteiger partial charge in [-0.1, -0.05) is 25.3 Å². The molecule has 2 aromatic rings. The highest BCUT2D eigenvalue weighted by Gasteiger charge is 2.35. The fourth-order valence-corrected chi connectivity index (χ4v) is 4.01. The van der Waals surface area contributed by atoms with Crippen molar-refractivity contribution < 1.29 is 4.79 Å². The fourth-order valence-electron chi connectivity index (χ4n) is 4.01. The van der Waals surface area contributed by atoms with Crippen molar-refractivity contribution in [2.24, 2.45) is 0 Å². The number of carbonyl (C=O) groups is 1. The van der Waals surface area contributed by atoms with E-state index in [1.165, 1.54) is 24.8 Å². The highest BCUT2D eigenvalue weighted by atomic mass is 16.2. The number of aromatic nitrogens is 3. The molecule has 1 aliphatic carbocycles. The van der Waals surface area contributed by atoms with Crippen molar-refractivity contribution in [3.05, 3.63) is 47.8 Å². The zero-order valence-electron chi connectivity index (χ0n) is 15.4. The van der Waals surface area contributed by atoms with E-state index in [1.807, 2.05) is 23.4 Å². The lowest BCUT2D eigenvalue weighted by Crippen LogP contribution is -2.55. The van der Waals surface area contributed by atoms with E-state index in [9.17, 15) is 4.79 Å². The topological polar surface area (TPSA) is 63.1 Å². The van der Waals surface area contributed by atoms with E-state index >= 15 is 0 Å². The van der Waals surface area contributed by atoms with Gasteiger partial charge in [0.05, 0.1) is 12.5 Å². The first-order valence-electron chi connectivity index (χ1n) is 9.67. The quantitative estimate of drug-likeness (QED) is 0.919. The van der Waals surface area contributed by atoms with Gasteiger partial charge >= 0.3 is 6.03 Å². The van der Waals surface area contributed by atoms with Gasteiger partial charge < -0.3 is 14.8 Å². The highest BCUT2D eigenvalue weighted by molar-refractivity contribution is 5.75. The van der Waals surface area contributed by atoms with E-state index in [0.29, 0.717) is 12.0 Å². The third-order valence-electron chi connectivity index (χ3n) is 5.62. The summed E-state index contributed by atoms with van der Waals surface area (Å²) >= 11 is 0. The molecule has 0 spiro atoms. The summed E-state index contributed by atoms with van der Waals surface area (Å²) in [6, 6.07) is 4.50. The van der Waals surface area contributed by atoms with Gasteiger partial charge in [-0.2, -0.15) is 0 Å². The maximum atomic E-state index is 12.4. The molecule has 0 aromatic carbocycles. The molecule has 2 aliphatic rings. The molecular formula is C20H27N5O. The summed E-state index contributed by atoms with van der Waals surface area (Å²) in [5, 5.41) is 3.20. The minimum atomic E-state index is 0.0928. The normalized spacial score (nSPS) is 18.6. The molecule has 6 heteroatoms. The van der Waals surface area contributed by atoms with Crippen LogP contribution in [0.3, 0.4) is 0 Å². The van der Waals surface area contributed by atoms with Crippen molar-refractivity contribution in [1.82, 2.24) is 24.8 Å². The molecule has 0 bridgehead atoms. The Morgan fingerprint density at radius 2 is 2.04 bits per heavy atom. The SMILES string of the molecule is Cc1cnc(C2CN(C(=O)NC3CCCCC3)C2)n1Cc1cccnc1. The number of nitrogens with one attached hydrogen (secondary N) is 1. The van der Waals surface area contributed by atoms with Crippen LogP contribution in [0.5, 0.6) is 0 Å². The number of rotatable bonds is 4. The number of hydrogen-bond acceptors (Lipinski definition) is 3. The van der Waals surface area contributed by atoms with Gasteiger partial charge in [0.25, 0.3) is 0 Å². The zero-order valence-corrected chi connectivity index (χ0v) is 15.4. The number of carbonyl (C=O) groups excluding carboxylic acids is 1. The Morgan fingerprint density at radius 3 is 2.77 bits per heavy atom. The fraction of sp³-hybridized carbons (Fsp3) is 0.550. The number of likely N-dealkylation sites (tertiary alicyclic amines) is 1. The van der Waals surface area contributed by atoms with Crippen molar-refractivity contribution in [3.8, 4) is 0 Å². The third kappa shape index (κ3) is 3.59. The second-order valence-corrected chi connectivity index (χ2v) is 7.59. The first-order chi connectivity index (χ1) is 12.7. The first kappa shape index (κ1) is 17.1. The summed E-state index contributed by atoms with van der Waals surface area (Å²) in [7, 11) is 0. The van der Waals surface area contributed by atoms with E-state index in [2.05, 4.69) is 32.8 Å². The molecule has 0 radical (unpaired) electrons. The van der Waals surface area contributed by atoms with Crippen molar-refractivity contribution in [1.29, 1.82) is 0 Å². The van der Waals surface area contributed by atoms with Crippen LogP contribution in [-0.2, 0) is 6.54 Å². The number of imidazole rings is 1. The van der Waals surface area contributed by atoms with Crippen molar-refractivity contribution in [3.63, 3.8) is 0 Å². The lowest BCUT2D eigenvalue weighted by Gasteiger charge is -2.40. The number of hydrogen-bond donors (Lipinski definition) is 1. The molecule has 2 aromatic heterocycles. The largest absolute Gasteiger partial charge is 0.335 e. The summed E-state index contributed by atoms with van der Waals surface area (Å²) in [6.07, 6.45) is 11.6. The molecule has 1 N–H and O–H groups in total. The summed E-state index contributed by atoms with van der Waals surface area (Å²) in [5.74, 6) is 1.39. The van der Waals surface area contributed by atoms with Crippen molar-refractivity contribution >= 4 is 6.03 Å². The smallest absolute Gasteiger partial charge is 0.317 e. The first-order valence-corrected chi connectivity index (χ1v) is 9.67. The molecule has 2 fully saturated rings. The van der Waals surface area contributed by atoms with Crippen LogP contribution in [0.4, 0.5) is 4.79 Å². The van der Waals surface area contributed by atoms with Crippen LogP contribution < -0.4 is 5.32 Å². The van der Waals surface area contributed by atoms with Gasteiger partial charge in [0.1, 0.15) is 5.82 Å². The maximum Gasteiger partial charge on any atom is 0.317 e. The van der Waals surface area contributed by atoms with Gasteiger partial charge in [-0.05, 0) is 31.4 Å². The molecule has 4 rings (SSSR count). The van der Waals surface area contributed by atoms with Crippen molar-refractivity contribution in [2.75, 3.05) is 13.1 Å². The Balaban J connectivity index is 1.36. The number of amides is 2. The van der Waals surface area contributed by atoms with Crippen LogP contribution in [0, 0.1) is 6.92 Å². The third-order valence-corrected chi connectivity index (χ3v) is 5.62. The van der Waals surface area contributed by atoms with Crippen LogP contribution in [0.2, 0.25) is 0 Å². The van der Waals surface area contributed by atoms with Crippen LogP contribution in [-0.4, -0.2) is 44.6 Å². The average Bonchev–Trinajstić information content (AvgIpc) is 2.96. The average molecular weight is 353 g/mol. The number of nitrogens with zero attached hydrogens (tertiary/aromatic N) is 4. The zero-order chi connectivity index (χ0) is 17.9. The van der Waals surface area contributed by atoms with Crippen LogP contribution in [0.25, 0.3) is 0 Å². The number of pyridine rings is 1. The van der Waals surface area contributed by atoms with E-state index in [1.54, 1.807) is 6.20 Å². The minimum Gasteiger partial charge on any atom is -0.335 e. The van der Waals surface area contributed by atoms with E-state index in [-0.39, 0.29) is 6.03 Å². The molecule has 26 heavy (non-hydrogen) atoms.